The molecule has 6 nitrogen and oxygen atoms in total. The van der Waals surface area contributed by atoms with E-state index in [1.165, 1.54) is 13.2 Å². The van der Waals surface area contributed by atoms with Crippen molar-refractivity contribution in [2.24, 2.45) is 0 Å². The van der Waals surface area contributed by atoms with Crippen LogP contribution >= 0.6 is 22.9 Å². The average Bonchev–Trinajstić information content (AvgIpc) is 3.29. The van der Waals surface area contributed by atoms with Crippen molar-refractivity contribution in [1.29, 1.82) is 0 Å². The Morgan fingerprint density at radius 1 is 0.968 bits per heavy atom. The molecule has 0 aliphatic rings. The van der Waals surface area contributed by atoms with E-state index in [0.29, 0.717) is 16.5 Å². The molecule has 0 fully saturated rings. The first-order valence-corrected chi connectivity index (χ1v) is 11.9. The summed E-state index contributed by atoms with van der Waals surface area (Å²) in [5.74, 6) is -0.0746. The molecular weight excluding hydrogens is 456 g/mol. The van der Waals surface area contributed by atoms with Crippen molar-refractivity contribution >= 4 is 61.0 Å². The predicted octanol–water partition coefficient (Wildman–Crippen LogP) is 5.62. The molecule has 3 aromatic carbocycles. The number of carbonyl (C=O) groups excluding carboxylic acids is 1. The van der Waals surface area contributed by atoms with E-state index in [9.17, 15) is 13.2 Å². The number of thiophene rings is 1. The summed E-state index contributed by atoms with van der Waals surface area (Å²) in [7, 11) is -2.36. The highest BCUT2D eigenvalue weighted by atomic mass is 35.5. The fourth-order valence-electron chi connectivity index (χ4n) is 3.09. The fraction of sp³-hybridized carbons (Fsp3) is 0.0455. The summed E-state index contributed by atoms with van der Waals surface area (Å²) in [4.78, 5) is 13.2. The van der Waals surface area contributed by atoms with Crippen LogP contribution in [0.3, 0.4) is 0 Å². The minimum absolute atomic E-state index is 0.156. The van der Waals surface area contributed by atoms with E-state index in [1.807, 2.05) is 24.3 Å². The van der Waals surface area contributed by atoms with E-state index in [0.717, 1.165) is 22.1 Å². The minimum Gasteiger partial charge on any atom is -0.495 e. The van der Waals surface area contributed by atoms with E-state index in [-0.39, 0.29) is 15.5 Å². The second kappa shape index (κ2) is 8.58. The van der Waals surface area contributed by atoms with Crippen LogP contribution in [0.2, 0.25) is 5.02 Å². The summed E-state index contributed by atoms with van der Waals surface area (Å²) in [5, 5.41) is 6.45. The van der Waals surface area contributed by atoms with Crippen molar-refractivity contribution in [2.45, 2.75) is 4.21 Å². The number of nitrogens with one attached hydrogen (secondary N) is 2. The molecule has 0 atom stereocenters. The Morgan fingerprint density at radius 3 is 2.39 bits per heavy atom. The smallest absolute Gasteiger partial charge is 0.271 e. The Morgan fingerprint density at radius 2 is 1.71 bits per heavy atom. The molecule has 0 aliphatic heterocycles. The molecule has 1 aromatic heterocycles. The van der Waals surface area contributed by atoms with Crippen molar-refractivity contribution in [2.75, 3.05) is 17.1 Å². The van der Waals surface area contributed by atoms with Crippen LogP contribution in [0.25, 0.3) is 10.8 Å². The molecule has 4 rings (SSSR count). The Hall–Kier alpha value is -3.07. The number of rotatable bonds is 6. The molecule has 9 heteroatoms. The molecule has 0 aliphatic carbocycles. The third-order valence-electron chi connectivity index (χ3n) is 4.54. The molecule has 0 saturated carbocycles. The van der Waals surface area contributed by atoms with Gasteiger partial charge in [0.1, 0.15) is 9.96 Å². The standard InChI is InChI=1S/C22H17ClN2O4S2/c1-29-20-9-8-16(23)13-19(20)24-22(26)17-11-14-5-2-3-6-15(14)12-18(17)25-31(27,28)21-7-4-10-30-21/h2-13,25H,1H3,(H,24,26). The number of halogens is 1. The first-order valence-electron chi connectivity index (χ1n) is 9.11. The molecule has 1 heterocycles. The van der Waals surface area contributed by atoms with Gasteiger partial charge in [-0.25, -0.2) is 8.42 Å². The number of fused-ring (bicyclic) bond motifs is 1. The van der Waals surface area contributed by atoms with Crippen LogP contribution in [0.1, 0.15) is 10.4 Å². The highest BCUT2D eigenvalue weighted by Gasteiger charge is 2.21. The molecule has 1 amide bonds. The first-order chi connectivity index (χ1) is 14.9. The van der Waals surface area contributed by atoms with Gasteiger partial charge in [-0.2, -0.15) is 0 Å². The number of sulfonamides is 1. The van der Waals surface area contributed by atoms with Gasteiger partial charge in [0.05, 0.1) is 24.0 Å². The number of methoxy groups -OCH3 is 1. The SMILES string of the molecule is COc1ccc(Cl)cc1NC(=O)c1cc2ccccc2cc1NS(=O)(=O)c1cccs1. The summed E-state index contributed by atoms with van der Waals surface area (Å²) < 4.78 is 33.6. The number of amides is 1. The highest BCUT2D eigenvalue weighted by Crippen LogP contribution is 2.31. The molecule has 0 unspecified atom stereocenters. The normalized spacial score (nSPS) is 11.3. The summed E-state index contributed by atoms with van der Waals surface area (Å²) in [6.45, 7) is 0. The van der Waals surface area contributed by atoms with Crippen LogP contribution < -0.4 is 14.8 Å². The van der Waals surface area contributed by atoms with Gasteiger partial charge in [0.25, 0.3) is 15.9 Å². The summed E-state index contributed by atoms with van der Waals surface area (Å²) in [5.41, 5.74) is 0.715. The van der Waals surface area contributed by atoms with Crippen LogP contribution in [-0.4, -0.2) is 21.4 Å². The molecule has 0 saturated heterocycles. The second-order valence-corrected chi connectivity index (χ2v) is 9.87. The summed E-state index contributed by atoms with van der Waals surface area (Å²) in [6.07, 6.45) is 0. The van der Waals surface area contributed by atoms with Gasteiger partial charge in [0, 0.05) is 5.02 Å². The maximum atomic E-state index is 13.2. The zero-order valence-electron chi connectivity index (χ0n) is 16.3. The van der Waals surface area contributed by atoms with E-state index < -0.39 is 15.9 Å². The van der Waals surface area contributed by atoms with Gasteiger partial charge in [-0.3, -0.25) is 9.52 Å². The fourth-order valence-corrected chi connectivity index (χ4v) is 5.33. The number of hydrogen-bond acceptors (Lipinski definition) is 5. The zero-order chi connectivity index (χ0) is 22.0. The molecule has 31 heavy (non-hydrogen) atoms. The minimum atomic E-state index is -3.84. The van der Waals surface area contributed by atoms with Crippen LogP contribution in [0, 0.1) is 0 Å². The Labute approximate surface area is 188 Å². The van der Waals surface area contributed by atoms with Gasteiger partial charge >= 0.3 is 0 Å². The number of ether oxygens (including phenoxy) is 1. The molecule has 4 aromatic rings. The first kappa shape index (κ1) is 21.2. The number of benzene rings is 3. The van der Waals surface area contributed by atoms with E-state index in [2.05, 4.69) is 10.0 Å². The lowest BCUT2D eigenvalue weighted by Gasteiger charge is -2.15. The summed E-state index contributed by atoms with van der Waals surface area (Å²) >= 11 is 7.15. The van der Waals surface area contributed by atoms with Crippen LogP contribution in [-0.2, 0) is 10.0 Å². The van der Waals surface area contributed by atoms with Crippen LogP contribution in [0.5, 0.6) is 5.75 Å². The van der Waals surface area contributed by atoms with Gasteiger partial charge in [0.15, 0.2) is 0 Å². The van der Waals surface area contributed by atoms with Crippen molar-refractivity contribution in [3.8, 4) is 5.75 Å². The second-order valence-electron chi connectivity index (χ2n) is 6.58. The maximum Gasteiger partial charge on any atom is 0.271 e. The lowest BCUT2D eigenvalue weighted by atomic mass is 10.0. The largest absolute Gasteiger partial charge is 0.495 e. The topological polar surface area (TPSA) is 84.5 Å². The van der Waals surface area contributed by atoms with E-state index in [1.54, 1.807) is 41.8 Å². The lowest BCUT2D eigenvalue weighted by Crippen LogP contribution is -2.18. The number of carbonyl (C=O) groups is 1. The third-order valence-corrected chi connectivity index (χ3v) is 7.54. The quantitative estimate of drug-likeness (QED) is 0.381. The van der Waals surface area contributed by atoms with Gasteiger partial charge in [-0.1, -0.05) is 41.9 Å². The monoisotopic (exact) mass is 472 g/mol. The summed E-state index contributed by atoms with van der Waals surface area (Å²) in [6, 6.07) is 18.7. The Kier molecular flexibility index (Phi) is 5.86. The maximum absolute atomic E-state index is 13.2. The third kappa shape index (κ3) is 4.51. The number of hydrogen-bond donors (Lipinski definition) is 2. The van der Waals surface area contributed by atoms with Crippen molar-refractivity contribution in [3.63, 3.8) is 0 Å². The average molecular weight is 473 g/mol. The molecule has 158 valence electrons. The van der Waals surface area contributed by atoms with Gasteiger partial charge in [-0.05, 0) is 52.6 Å². The molecule has 0 spiro atoms. The van der Waals surface area contributed by atoms with Gasteiger partial charge in [-0.15, -0.1) is 11.3 Å². The van der Waals surface area contributed by atoms with Crippen molar-refractivity contribution in [1.82, 2.24) is 0 Å². The molecule has 0 bridgehead atoms. The van der Waals surface area contributed by atoms with Crippen LogP contribution in [0.15, 0.2) is 76.3 Å². The molecular formula is C22H17ClN2O4S2. The van der Waals surface area contributed by atoms with Crippen LogP contribution in [0.4, 0.5) is 11.4 Å². The Balaban J connectivity index is 1.78. The van der Waals surface area contributed by atoms with Gasteiger partial charge < -0.3 is 10.1 Å². The highest BCUT2D eigenvalue weighted by molar-refractivity contribution is 7.94. The predicted molar refractivity (Wildman–Crippen MR) is 125 cm³/mol. The van der Waals surface area contributed by atoms with Crippen molar-refractivity contribution < 1.29 is 17.9 Å². The Bertz CT molecular complexity index is 1370. The van der Waals surface area contributed by atoms with Crippen molar-refractivity contribution in [3.05, 3.63) is 82.7 Å². The molecule has 0 radical (unpaired) electrons. The van der Waals surface area contributed by atoms with E-state index >= 15 is 0 Å². The zero-order valence-corrected chi connectivity index (χ0v) is 18.6. The van der Waals surface area contributed by atoms with Gasteiger partial charge in [0.2, 0.25) is 0 Å². The van der Waals surface area contributed by atoms with E-state index in [4.69, 9.17) is 16.3 Å². The lowest BCUT2D eigenvalue weighted by molar-refractivity contribution is 0.102. The molecule has 2 N–H and O–H groups in total. The number of anilines is 2.